The number of primary amides is 1. The lowest BCUT2D eigenvalue weighted by atomic mass is 9.99. The number of aryl methyl sites for hydroxylation is 1. The zero-order chi connectivity index (χ0) is 14.2. The van der Waals surface area contributed by atoms with Gasteiger partial charge in [-0.3, -0.25) is 9.78 Å². The molecule has 1 aromatic heterocycles. The monoisotopic (exact) mass is 277 g/mol. The van der Waals surface area contributed by atoms with Crippen LogP contribution in [-0.4, -0.2) is 16.0 Å². The number of pyridine rings is 1. The summed E-state index contributed by atoms with van der Waals surface area (Å²) in [5, 5.41) is 10.3. The maximum absolute atomic E-state index is 11.4. The van der Waals surface area contributed by atoms with E-state index in [-0.39, 0.29) is 17.0 Å². The van der Waals surface area contributed by atoms with E-state index in [0.29, 0.717) is 21.8 Å². The molecule has 0 fully saturated rings. The average molecular weight is 278 g/mol. The first-order valence-corrected chi connectivity index (χ1v) is 5.83. The topological polar surface area (TPSA) is 102 Å². The van der Waals surface area contributed by atoms with Gasteiger partial charge in [0.1, 0.15) is 11.3 Å². The molecule has 0 saturated heterocycles. The van der Waals surface area contributed by atoms with Gasteiger partial charge in [-0.2, -0.15) is 0 Å². The molecule has 98 valence electrons. The second-order valence-electron chi connectivity index (χ2n) is 4.10. The zero-order valence-corrected chi connectivity index (χ0v) is 10.9. The number of carbonyl (C=O) groups excluding carboxylic acids is 1. The number of hydrogen-bond acceptors (Lipinski definition) is 4. The van der Waals surface area contributed by atoms with Crippen molar-refractivity contribution >= 4 is 23.2 Å². The van der Waals surface area contributed by atoms with Gasteiger partial charge in [0.05, 0.1) is 16.4 Å². The molecule has 0 unspecified atom stereocenters. The Labute approximate surface area is 114 Å². The van der Waals surface area contributed by atoms with Gasteiger partial charge in [0.25, 0.3) is 5.91 Å². The van der Waals surface area contributed by atoms with Crippen molar-refractivity contribution in [1.82, 2.24) is 4.98 Å². The first-order valence-electron chi connectivity index (χ1n) is 5.45. The van der Waals surface area contributed by atoms with Crippen molar-refractivity contribution in [3.63, 3.8) is 0 Å². The van der Waals surface area contributed by atoms with E-state index in [2.05, 4.69) is 4.98 Å². The molecule has 6 heteroatoms. The van der Waals surface area contributed by atoms with Crippen LogP contribution in [0.25, 0.3) is 11.3 Å². The van der Waals surface area contributed by atoms with Gasteiger partial charge in [-0.1, -0.05) is 11.6 Å². The van der Waals surface area contributed by atoms with Gasteiger partial charge >= 0.3 is 0 Å². The Morgan fingerprint density at radius 1 is 1.42 bits per heavy atom. The molecule has 0 aliphatic carbocycles. The Bertz CT molecular complexity index is 654. The van der Waals surface area contributed by atoms with Gasteiger partial charge in [-0.05, 0) is 30.7 Å². The second-order valence-corrected chi connectivity index (χ2v) is 4.54. The third-order valence-corrected chi connectivity index (χ3v) is 3.00. The van der Waals surface area contributed by atoms with Crippen LogP contribution in [0.5, 0.6) is 5.75 Å². The molecule has 0 bridgehead atoms. The fourth-order valence-electron chi connectivity index (χ4n) is 1.82. The molecule has 1 aromatic carbocycles. The average Bonchev–Trinajstić information content (AvgIpc) is 2.35. The number of nitrogens with zero attached hydrogens (tertiary/aromatic N) is 1. The van der Waals surface area contributed by atoms with E-state index in [1.807, 2.05) is 0 Å². The predicted octanol–water partition coefficient (Wildman–Crippen LogP) is 2.10. The van der Waals surface area contributed by atoms with Crippen LogP contribution in [0.15, 0.2) is 24.4 Å². The van der Waals surface area contributed by atoms with E-state index in [1.54, 1.807) is 25.1 Å². The normalized spacial score (nSPS) is 10.4. The van der Waals surface area contributed by atoms with Crippen LogP contribution in [0, 0.1) is 6.92 Å². The molecule has 0 spiro atoms. The van der Waals surface area contributed by atoms with E-state index in [4.69, 9.17) is 23.1 Å². The summed E-state index contributed by atoms with van der Waals surface area (Å²) in [4.78, 5) is 15.5. The molecule has 5 nitrogen and oxygen atoms in total. The van der Waals surface area contributed by atoms with Gasteiger partial charge in [0.15, 0.2) is 0 Å². The number of aromatic nitrogens is 1. The van der Waals surface area contributed by atoms with Crippen molar-refractivity contribution in [2.75, 3.05) is 5.73 Å². The number of nitrogens with two attached hydrogens (primary N) is 2. The minimum absolute atomic E-state index is 0.0910. The third kappa shape index (κ3) is 2.32. The fourth-order valence-corrected chi connectivity index (χ4v) is 1.93. The highest BCUT2D eigenvalue weighted by atomic mass is 35.5. The summed E-state index contributed by atoms with van der Waals surface area (Å²) in [7, 11) is 0. The Balaban J connectivity index is 2.71. The predicted molar refractivity (Wildman–Crippen MR) is 74.0 cm³/mol. The van der Waals surface area contributed by atoms with E-state index in [9.17, 15) is 9.90 Å². The number of hydrogen-bond donors (Lipinski definition) is 3. The molecule has 0 aliphatic heterocycles. The van der Waals surface area contributed by atoms with E-state index in [0.717, 1.165) is 0 Å². The molecule has 0 aliphatic rings. The summed E-state index contributed by atoms with van der Waals surface area (Å²) in [5.74, 6) is -0.989. The first-order chi connectivity index (χ1) is 8.91. The van der Waals surface area contributed by atoms with E-state index >= 15 is 0 Å². The Hall–Kier alpha value is -2.27. The van der Waals surface area contributed by atoms with Crippen molar-refractivity contribution in [2.45, 2.75) is 6.92 Å². The summed E-state index contributed by atoms with van der Waals surface area (Å²) in [6.45, 7) is 1.65. The molecule has 19 heavy (non-hydrogen) atoms. The van der Waals surface area contributed by atoms with Crippen LogP contribution in [0.2, 0.25) is 5.02 Å². The van der Waals surface area contributed by atoms with Crippen LogP contribution in [-0.2, 0) is 0 Å². The van der Waals surface area contributed by atoms with Gasteiger partial charge in [-0.15, -0.1) is 0 Å². The number of carbonyl (C=O) groups is 1. The minimum Gasteiger partial charge on any atom is -0.507 e. The van der Waals surface area contributed by atoms with Gasteiger partial charge in [0.2, 0.25) is 0 Å². The van der Waals surface area contributed by atoms with Gasteiger partial charge < -0.3 is 16.6 Å². The standard InChI is InChI=1S/C13H12ClN3O2/c1-6-4-8(9-3-2-7(14)5-17-9)11(15)10(12(6)18)13(16)19/h2-5,18H,15H2,1H3,(H2,16,19). The van der Waals surface area contributed by atoms with Crippen LogP contribution >= 0.6 is 11.6 Å². The number of amides is 1. The molecule has 5 N–H and O–H groups in total. The van der Waals surface area contributed by atoms with Crippen LogP contribution in [0.4, 0.5) is 5.69 Å². The molecule has 2 aromatic rings. The molecule has 1 amide bonds. The lowest BCUT2D eigenvalue weighted by Crippen LogP contribution is -2.15. The Morgan fingerprint density at radius 3 is 2.63 bits per heavy atom. The van der Waals surface area contributed by atoms with Crippen molar-refractivity contribution in [3.8, 4) is 17.0 Å². The van der Waals surface area contributed by atoms with Gasteiger partial charge in [0, 0.05) is 11.8 Å². The van der Waals surface area contributed by atoms with Crippen molar-refractivity contribution in [3.05, 3.63) is 40.5 Å². The Morgan fingerprint density at radius 2 is 2.11 bits per heavy atom. The lowest BCUT2D eigenvalue weighted by Gasteiger charge is -2.13. The summed E-state index contributed by atoms with van der Waals surface area (Å²) >= 11 is 5.77. The van der Waals surface area contributed by atoms with Crippen LogP contribution in [0.3, 0.4) is 0 Å². The molecule has 0 atom stereocenters. The quantitative estimate of drug-likeness (QED) is 0.731. The molecular formula is C13H12ClN3O2. The molecule has 1 heterocycles. The van der Waals surface area contributed by atoms with Crippen LogP contribution < -0.4 is 11.5 Å². The Kier molecular flexibility index (Phi) is 3.31. The number of rotatable bonds is 2. The molecule has 0 radical (unpaired) electrons. The number of nitrogen functional groups attached to an aromatic ring is 1. The highest BCUT2D eigenvalue weighted by Gasteiger charge is 2.19. The SMILES string of the molecule is Cc1cc(-c2ccc(Cl)cn2)c(N)c(C(N)=O)c1O. The minimum atomic E-state index is -0.783. The lowest BCUT2D eigenvalue weighted by molar-refractivity contribution is 0.0998. The van der Waals surface area contributed by atoms with Crippen molar-refractivity contribution in [2.24, 2.45) is 5.73 Å². The number of halogens is 1. The summed E-state index contributed by atoms with van der Waals surface area (Å²) in [6, 6.07) is 4.98. The fraction of sp³-hybridized carbons (Fsp3) is 0.0769. The number of phenols is 1. The number of aromatic hydroxyl groups is 1. The van der Waals surface area contributed by atoms with Crippen molar-refractivity contribution < 1.29 is 9.90 Å². The summed E-state index contributed by atoms with van der Waals surface area (Å²) < 4.78 is 0. The third-order valence-electron chi connectivity index (χ3n) is 2.78. The van der Waals surface area contributed by atoms with Crippen molar-refractivity contribution in [1.29, 1.82) is 0 Å². The second kappa shape index (κ2) is 4.78. The maximum Gasteiger partial charge on any atom is 0.254 e. The van der Waals surface area contributed by atoms with Gasteiger partial charge in [-0.25, -0.2) is 0 Å². The molecule has 0 saturated carbocycles. The largest absolute Gasteiger partial charge is 0.507 e. The smallest absolute Gasteiger partial charge is 0.254 e. The molecule has 2 rings (SSSR count). The maximum atomic E-state index is 11.4. The first kappa shape index (κ1) is 13.2. The summed E-state index contributed by atoms with van der Waals surface area (Å²) in [6.07, 6.45) is 1.47. The highest BCUT2D eigenvalue weighted by molar-refractivity contribution is 6.30. The number of benzene rings is 1. The van der Waals surface area contributed by atoms with E-state index in [1.165, 1.54) is 6.20 Å². The summed E-state index contributed by atoms with van der Waals surface area (Å²) in [5.41, 5.74) is 12.7. The zero-order valence-electron chi connectivity index (χ0n) is 10.1. The highest BCUT2D eigenvalue weighted by Crippen LogP contribution is 2.35. The van der Waals surface area contributed by atoms with E-state index < -0.39 is 5.91 Å². The molecular weight excluding hydrogens is 266 g/mol. The number of anilines is 1. The van der Waals surface area contributed by atoms with Crippen LogP contribution in [0.1, 0.15) is 15.9 Å².